The number of amides is 1. The minimum Gasteiger partial charge on any atom is -0.381 e. The number of carbonyl (C=O) groups excluding carboxylic acids is 1. The maximum absolute atomic E-state index is 12.3. The Morgan fingerprint density at radius 3 is 2.80 bits per heavy atom. The van der Waals surface area contributed by atoms with Crippen molar-refractivity contribution in [3.8, 4) is 0 Å². The molecule has 1 amide bonds. The van der Waals surface area contributed by atoms with Crippen LogP contribution in [0.1, 0.15) is 19.8 Å². The summed E-state index contributed by atoms with van der Waals surface area (Å²) in [6.07, 6.45) is 1.14. The summed E-state index contributed by atoms with van der Waals surface area (Å²) in [5, 5.41) is 2.92. The summed E-state index contributed by atoms with van der Waals surface area (Å²) in [5.41, 5.74) is 6.16. The molecule has 0 atom stereocenters. The van der Waals surface area contributed by atoms with Gasteiger partial charge >= 0.3 is 0 Å². The first-order valence-corrected chi connectivity index (χ1v) is 7.53. The van der Waals surface area contributed by atoms with Crippen molar-refractivity contribution in [1.29, 1.82) is 0 Å². The molecule has 0 unspecified atom stereocenters. The number of hydrogen-bond acceptors (Lipinski definition) is 4. The Bertz CT molecular complexity index is 451. The fourth-order valence-electron chi connectivity index (χ4n) is 2.05. The van der Waals surface area contributed by atoms with Gasteiger partial charge in [0.15, 0.2) is 0 Å². The molecule has 112 valence electrons. The summed E-state index contributed by atoms with van der Waals surface area (Å²) in [7, 11) is 0. The standard InChI is InChI=1S/C14H20N2O2S.ClH/c1-2-19-12-5-3-4-11(10-12)16-13(17)14(15)6-8-18-9-7-14;/h3-5,10H,2,6-9,15H2,1H3,(H,16,17);1H. The maximum Gasteiger partial charge on any atom is 0.244 e. The lowest BCUT2D eigenvalue weighted by molar-refractivity contribution is -0.124. The molecule has 0 saturated carbocycles. The van der Waals surface area contributed by atoms with E-state index in [-0.39, 0.29) is 18.3 Å². The van der Waals surface area contributed by atoms with Gasteiger partial charge in [-0.1, -0.05) is 13.0 Å². The molecule has 0 aromatic heterocycles. The molecule has 1 saturated heterocycles. The van der Waals surface area contributed by atoms with Gasteiger partial charge in [0.2, 0.25) is 5.91 Å². The monoisotopic (exact) mass is 316 g/mol. The summed E-state index contributed by atoms with van der Waals surface area (Å²) in [4.78, 5) is 13.4. The summed E-state index contributed by atoms with van der Waals surface area (Å²) in [6.45, 7) is 3.21. The third kappa shape index (κ3) is 4.38. The molecule has 0 bridgehead atoms. The van der Waals surface area contributed by atoms with Crippen LogP contribution in [-0.4, -0.2) is 30.4 Å². The minimum atomic E-state index is -0.799. The van der Waals surface area contributed by atoms with Crippen molar-refractivity contribution >= 4 is 35.8 Å². The van der Waals surface area contributed by atoms with Gasteiger partial charge in [-0.2, -0.15) is 0 Å². The molecule has 4 nitrogen and oxygen atoms in total. The molecule has 1 heterocycles. The number of carbonyl (C=O) groups is 1. The topological polar surface area (TPSA) is 64.4 Å². The Balaban J connectivity index is 0.00000200. The lowest BCUT2D eigenvalue weighted by Gasteiger charge is -2.31. The third-order valence-corrected chi connectivity index (χ3v) is 4.12. The van der Waals surface area contributed by atoms with E-state index in [0.29, 0.717) is 26.1 Å². The maximum atomic E-state index is 12.3. The van der Waals surface area contributed by atoms with Gasteiger partial charge < -0.3 is 15.8 Å². The molecule has 3 N–H and O–H groups in total. The van der Waals surface area contributed by atoms with Crippen molar-refractivity contribution in [1.82, 2.24) is 0 Å². The Kier molecular flexibility index (Phi) is 6.82. The number of ether oxygens (including phenoxy) is 1. The zero-order valence-electron chi connectivity index (χ0n) is 11.6. The second-order valence-electron chi connectivity index (χ2n) is 4.68. The second-order valence-corrected chi connectivity index (χ2v) is 6.02. The van der Waals surface area contributed by atoms with E-state index in [0.717, 1.165) is 16.3 Å². The highest BCUT2D eigenvalue weighted by molar-refractivity contribution is 7.99. The van der Waals surface area contributed by atoms with E-state index in [1.807, 2.05) is 24.3 Å². The fourth-order valence-corrected chi connectivity index (χ4v) is 2.77. The highest BCUT2D eigenvalue weighted by Crippen LogP contribution is 2.23. The number of thioether (sulfide) groups is 1. The quantitative estimate of drug-likeness (QED) is 0.838. The van der Waals surface area contributed by atoms with Crippen molar-refractivity contribution in [2.75, 3.05) is 24.3 Å². The molecule has 1 aliphatic rings. The highest BCUT2D eigenvalue weighted by atomic mass is 35.5. The van der Waals surface area contributed by atoms with E-state index < -0.39 is 5.54 Å². The van der Waals surface area contributed by atoms with Crippen molar-refractivity contribution in [2.24, 2.45) is 5.73 Å². The molecular formula is C14H21ClN2O2S. The SMILES string of the molecule is CCSc1cccc(NC(=O)C2(N)CCOCC2)c1.Cl. The molecular weight excluding hydrogens is 296 g/mol. The molecule has 0 aliphatic carbocycles. The summed E-state index contributed by atoms with van der Waals surface area (Å²) in [5.74, 6) is 0.893. The van der Waals surface area contributed by atoms with Crippen LogP contribution in [0.3, 0.4) is 0 Å². The summed E-state index contributed by atoms with van der Waals surface area (Å²) >= 11 is 1.75. The average Bonchev–Trinajstić information content (AvgIpc) is 2.40. The molecule has 1 aliphatic heterocycles. The second kappa shape index (κ2) is 7.88. The van der Waals surface area contributed by atoms with Crippen LogP contribution in [-0.2, 0) is 9.53 Å². The summed E-state index contributed by atoms with van der Waals surface area (Å²) in [6, 6.07) is 7.85. The highest BCUT2D eigenvalue weighted by Gasteiger charge is 2.35. The minimum absolute atomic E-state index is 0. The smallest absolute Gasteiger partial charge is 0.244 e. The molecule has 0 spiro atoms. The number of nitrogens with one attached hydrogen (secondary N) is 1. The van der Waals surface area contributed by atoms with Gasteiger partial charge in [-0.25, -0.2) is 0 Å². The average molecular weight is 317 g/mol. The predicted molar refractivity (Wildman–Crippen MR) is 85.7 cm³/mol. The molecule has 6 heteroatoms. The van der Waals surface area contributed by atoms with E-state index in [9.17, 15) is 4.79 Å². The van der Waals surface area contributed by atoms with Gasteiger partial charge in [0.25, 0.3) is 0 Å². The van der Waals surface area contributed by atoms with Crippen LogP contribution in [0, 0.1) is 0 Å². The van der Waals surface area contributed by atoms with E-state index in [2.05, 4.69) is 12.2 Å². The van der Waals surface area contributed by atoms with Crippen LogP contribution >= 0.6 is 24.2 Å². The number of halogens is 1. The predicted octanol–water partition coefficient (Wildman–Crippen LogP) is 2.67. The first kappa shape index (κ1) is 17.3. The largest absolute Gasteiger partial charge is 0.381 e. The van der Waals surface area contributed by atoms with Gasteiger partial charge in [0.05, 0.1) is 0 Å². The molecule has 1 aromatic rings. The van der Waals surface area contributed by atoms with Crippen LogP contribution in [0.25, 0.3) is 0 Å². The van der Waals surface area contributed by atoms with E-state index in [1.165, 1.54) is 0 Å². The van der Waals surface area contributed by atoms with E-state index in [4.69, 9.17) is 10.5 Å². The van der Waals surface area contributed by atoms with Crippen molar-refractivity contribution in [3.05, 3.63) is 24.3 Å². The van der Waals surface area contributed by atoms with Crippen LogP contribution in [0.15, 0.2) is 29.2 Å². The number of rotatable bonds is 4. The van der Waals surface area contributed by atoms with Crippen molar-refractivity contribution < 1.29 is 9.53 Å². The molecule has 1 aromatic carbocycles. The van der Waals surface area contributed by atoms with Crippen LogP contribution in [0.2, 0.25) is 0 Å². The van der Waals surface area contributed by atoms with Gasteiger partial charge in [-0.05, 0) is 36.8 Å². The van der Waals surface area contributed by atoms with Gasteiger partial charge in [-0.15, -0.1) is 24.2 Å². The molecule has 0 radical (unpaired) electrons. The summed E-state index contributed by atoms with van der Waals surface area (Å²) < 4.78 is 5.25. The lowest BCUT2D eigenvalue weighted by atomic mass is 9.90. The van der Waals surface area contributed by atoms with Gasteiger partial charge in [0, 0.05) is 23.8 Å². The third-order valence-electron chi connectivity index (χ3n) is 3.24. The van der Waals surface area contributed by atoms with Crippen LogP contribution < -0.4 is 11.1 Å². The van der Waals surface area contributed by atoms with Crippen LogP contribution in [0.4, 0.5) is 5.69 Å². The Hall–Kier alpha value is -0.750. The number of benzene rings is 1. The normalized spacial score (nSPS) is 17.1. The van der Waals surface area contributed by atoms with Crippen molar-refractivity contribution in [2.45, 2.75) is 30.2 Å². The Morgan fingerprint density at radius 2 is 2.15 bits per heavy atom. The first-order valence-electron chi connectivity index (χ1n) is 6.55. The van der Waals surface area contributed by atoms with E-state index in [1.54, 1.807) is 11.8 Å². The Labute approximate surface area is 130 Å². The van der Waals surface area contributed by atoms with E-state index >= 15 is 0 Å². The van der Waals surface area contributed by atoms with Crippen molar-refractivity contribution in [3.63, 3.8) is 0 Å². The zero-order chi connectivity index (χ0) is 13.7. The number of anilines is 1. The number of hydrogen-bond donors (Lipinski definition) is 2. The Morgan fingerprint density at radius 1 is 1.45 bits per heavy atom. The number of nitrogens with two attached hydrogens (primary N) is 1. The molecule has 20 heavy (non-hydrogen) atoms. The molecule has 2 rings (SSSR count). The van der Waals surface area contributed by atoms with Crippen LogP contribution in [0.5, 0.6) is 0 Å². The van der Waals surface area contributed by atoms with Gasteiger partial charge in [-0.3, -0.25) is 4.79 Å². The van der Waals surface area contributed by atoms with Gasteiger partial charge in [0.1, 0.15) is 5.54 Å². The first-order chi connectivity index (χ1) is 9.14. The zero-order valence-corrected chi connectivity index (χ0v) is 13.2. The fraction of sp³-hybridized carbons (Fsp3) is 0.500. The molecule has 1 fully saturated rings. The lowest BCUT2D eigenvalue weighted by Crippen LogP contribution is -2.54.